The van der Waals surface area contributed by atoms with Crippen LogP contribution >= 0.6 is 12.4 Å². The number of halogens is 1. The number of benzene rings is 1. The number of para-hydroxylation sites is 1. The Morgan fingerprint density at radius 3 is 2.73 bits per heavy atom. The van der Waals surface area contributed by atoms with E-state index in [1.807, 2.05) is 19.1 Å². The fraction of sp³-hybridized carbons (Fsp3) is 0.300. The Hall–Kier alpha value is -1.42. The lowest BCUT2D eigenvalue weighted by molar-refractivity contribution is 0.311. The SMILES string of the molecule is CCCOc1ccccc1C(N)=NO.Cl. The van der Waals surface area contributed by atoms with E-state index in [0.717, 1.165) is 6.42 Å². The van der Waals surface area contributed by atoms with Crippen LogP contribution in [0.2, 0.25) is 0 Å². The van der Waals surface area contributed by atoms with Gasteiger partial charge in [-0.05, 0) is 18.6 Å². The average Bonchev–Trinajstić information content (AvgIpc) is 2.25. The van der Waals surface area contributed by atoms with Gasteiger partial charge in [0.05, 0.1) is 12.2 Å². The summed E-state index contributed by atoms with van der Waals surface area (Å²) in [7, 11) is 0. The molecule has 0 fully saturated rings. The van der Waals surface area contributed by atoms with Crippen molar-refractivity contribution in [2.45, 2.75) is 13.3 Å². The van der Waals surface area contributed by atoms with Crippen LogP contribution in [0.5, 0.6) is 5.75 Å². The molecule has 15 heavy (non-hydrogen) atoms. The fourth-order valence-electron chi connectivity index (χ4n) is 1.07. The third-order valence-electron chi connectivity index (χ3n) is 1.73. The van der Waals surface area contributed by atoms with Crippen molar-refractivity contribution >= 4 is 18.2 Å². The fourth-order valence-corrected chi connectivity index (χ4v) is 1.07. The average molecular weight is 231 g/mol. The van der Waals surface area contributed by atoms with Gasteiger partial charge in [-0.15, -0.1) is 12.4 Å². The molecule has 84 valence electrons. The maximum Gasteiger partial charge on any atom is 0.173 e. The summed E-state index contributed by atoms with van der Waals surface area (Å²) in [5.74, 6) is 0.710. The van der Waals surface area contributed by atoms with Crippen LogP contribution in [0.25, 0.3) is 0 Å². The summed E-state index contributed by atoms with van der Waals surface area (Å²) in [5.41, 5.74) is 6.10. The second kappa shape index (κ2) is 6.95. The van der Waals surface area contributed by atoms with Gasteiger partial charge in [-0.1, -0.05) is 24.2 Å². The predicted molar refractivity (Wildman–Crippen MR) is 62.0 cm³/mol. The maximum absolute atomic E-state index is 8.55. The molecule has 0 aliphatic carbocycles. The van der Waals surface area contributed by atoms with Crippen molar-refractivity contribution < 1.29 is 9.94 Å². The van der Waals surface area contributed by atoms with Gasteiger partial charge in [-0.25, -0.2) is 0 Å². The second-order valence-electron chi connectivity index (χ2n) is 2.83. The lowest BCUT2D eigenvalue weighted by Crippen LogP contribution is -2.14. The molecule has 0 unspecified atom stereocenters. The summed E-state index contributed by atoms with van der Waals surface area (Å²) >= 11 is 0. The lowest BCUT2D eigenvalue weighted by atomic mass is 10.2. The zero-order valence-corrected chi connectivity index (χ0v) is 9.33. The highest BCUT2D eigenvalue weighted by molar-refractivity contribution is 5.99. The topological polar surface area (TPSA) is 67.8 Å². The van der Waals surface area contributed by atoms with Gasteiger partial charge in [0.1, 0.15) is 5.75 Å². The molecule has 1 aromatic rings. The Kier molecular flexibility index (Phi) is 6.29. The lowest BCUT2D eigenvalue weighted by Gasteiger charge is -2.08. The normalized spacial score (nSPS) is 10.6. The summed E-state index contributed by atoms with van der Waals surface area (Å²) < 4.78 is 5.44. The van der Waals surface area contributed by atoms with Crippen molar-refractivity contribution in [3.8, 4) is 5.75 Å². The van der Waals surface area contributed by atoms with Gasteiger partial charge in [0.15, 0.2) is 5.84 Å². The van der Waals surface area contributed by atoms with E-state index in [2.05, 4.69) is 5.16 Å². The zero-order chi connectivity index (χ0) is 10.4. The van der Waals surface area contributed by atoms with E-state index in [1.54, 1.807) is 12.1 Å². The Bertz CT molecular complexity index is 329. The minimum atomic E-state index is 0. The smallest absolute Gasteiger partial charge is 0.173 e. The van der Waals surface area contributed by atoms with Crippen LogP contribution in [-0.2, 0) is 0 Å². The van der Waals surface area contributed by atoms with Crippen molar-refractivity contribution in [1.82, 2.24) is 0 Å². The van der Waals surface area contributed by atoms with Gasteiger partial charge < -0.3 is 15.7 Å². The molecule has 0 radical (unpaired) electrons. The molecule has 4 nitrogen and oxygen atoms in total. The van der Waals surface area contributed by atoms with Crippen LogP contribution in [0.15, 0.2) is 29.4 Å². The molecule has 5 heteroatoms. The van der Waals surface area contributed by atoms with Crippen LogP contribution in [0.1, 0.15) is 18.9 Å². The van der Waals surface area contributed by atoms with Crippen molar-refractivity contribution in [2.75, 3.05) is 6.61 Å². The van der Waals surface area contributed by atoms with Gasteiger partial charge >= 0.3 is 0 Å². The van der Waals surface area contributed by atoms with Crippen LogP contribution in [-0.4, -0.2) is 17.6 Å². The maximum atomic E-state index is 8.55. The Morgan fingerprint density at radius 1 is 1.47 bits per heavy atom. The van der Waals surface area contributed by atoms with E-state index in [1.165, 1.54) is 0 Å². The third-order valence-corrected chi connectivity index (χ3v) is 1.73. The van der Waals surface area contributed by atoms with E-state index < -0.39 is 0 Å². The van der Waals surface area contributed by atoms with Gasteiger partial charge in [-0.2, -0.15) is 0 Å². The van der Waals surface area contributed by atoms with Crippen LogP contribution in [0, 0.1) is 0 Å². The number of amidine groups is 1. The van der Waals surface area contributed by atoms with Crippen molar-refractivity contribution in [3.63, 3.8) is 0 Å². The molecule has 0 saturated carbocycles. The Balaban J connectivity index is 0.00000196. The number of nitrogens with zero attached hydrogens (tertiary/aromatic N) is 1. The quantitative estimate of drug-likeness (QED) is 0.360. The predicted octanol–water partition coefficient (Wildman–Crippen LogP) is 1.99. The molecule has 0 atom stereocenters. The highest BCUT2D eigenvalue weighted by Crippen LogP contribution is 2.17. The van der Waals surface area contributed by atoms with E-state index in [0.29, 0.717) is 17.9 Å². The van der Waals surface area contributed by atoms with E-state index >= 15 is 0 Å². The molecule has 1 rings (SSSR count). The Morgan fingerprint density at radius 2 is 2.13 bits per heavy atom. The summed E-state index contributed by atoms with van der Waals surface area (Å²) in [6, 6.07) is 7.20. The molecule has 0 bridgehead atoms. The highest BCUT2D eigenvalue weighted by atomic mass is 35.5. The standard InChI is InChI=1S/C10H14N2O2.ClH/c1-2-7-14-9-6-4-3-5-8(9)10(11)12-13;/h3-6,13H,2,7H2,1H3,(H2,11,12);1H. The zero-order valence-electron chi connectivity index (χ0n) is 8.51. The van der Waals surface area contributed by atoms with Crippen LogP contribution in [0.4, 0.5) is 0 Å². The Labute approximate surface area is 95.1 Å². The largest absolute Gasteiger partial charge is 0.493 e. The number of rotatable bonds is 4. The first-order valence-electron chi connectivity index (χ1n) is 4.49. The van der Waals surface area contributed by atoms with Gasteiger partial charge in [-0.3, -0.25) is 0 Å². The van der Waals surface area contributed by atoms with E-state index in [-0.39, 0.29) is 18.2 Å². The number of oxime groups is 1. The molecule has 0 aliphatic rings. The van der Waals surface area contributed by atoms with Crippen molar-refractivity contribution in [3.05, 3.63) is 29.8 Å². The summed E-state index contributed by atoms with van der Waals surface area (Å²) in [4.78, 5) is 0. The molecule has 3 N–H and O–H groups in total. The summed E-state index contributed by atoms with van der Waals surface area (Å²) in [6.45, 7) is 2.64. The van der Waals surface area contributed by atoms with Gasteiger partial charge in [0.25, 0.3) is 0 Å². The number of nitrogens with two attached hydrogens (primary N) is 1. The molecule has 0 saturated heterocycles. The van der Waals surface area contributed by atoms with Gasteiger partial charge in [0.2, 0.25) is 0 Å². The van der Waals surface area contributed by atoms with Crippen molar-refractivity contribution in [2.24, 2.45) is 10.9 Å². The summed E-state index contributed by atoms with van der Waals surface area (Å²) in [5, 5.41) is 11.5. The first-order valence-corrected chi connectivity index (χ1v) is 4.49. The molecule has 0 aromatic heterocycles. The van der Waals surface area contributed by atoms with Crippen LogP contribution in [0.3, 0.4) is 0 Å². The van der Waals surface area contributed by atoms with Crippen molar-refractivity contribution in [1.29, 1.82) is 0 Å². The number of hydrogen-bond donors (Lipinski definition) is 2. The molecule has 0 aliphatic heterocycles. The monoisotopic (exact) mass is 230 g/mol. The highest BCUT2D eigenvalue weighted by Gasteiger charge is 2.06. The number of hydrogen-bond acceptors (Lipinski definition) is 3. The first-order chi connectivity index (χ1) is 6.79. The number of ether oxygens (including phenoxy) is 1. The molecular weight excluding hydrogens is 216 g/mol. The summed E-state index contributed by atoms with van der Waals surface area (Å²) in [6.07, 6.45) is 0.921. The van der Waals surface area contributed by atoms with E-state index in [4.69, 9.17) is 15.7 Å². The van der Waals surface area contributed by atoms with Gasteiger partial charge in [0, 0.05) is 0 Å². The molecular formula is C10H15ClN2O2. The van der Waals surface area contributed by atoms with E-state index in [9.17, 15) is 0 Å². The third kappa shape index (κ3) is 3.67. The molecule has 0 spiro atoms. The molecule has 1 aromatic carbocycles. The minimum Gasteiger partial charge on any atom is -0.493 e. The molecule has 0 amide bonds. The molecule has 0 heterocycles. The second-order valence-corrected chi connectivity index (χ2v) is 2.83. The minimum absolute atomic E-state index is 0. The van der Waals surface area contributed by atoms with Crippen LogP contribution < -0.4 is 10.5 Å². The first kappa shape index (κ1) is 13.6.